The van der Waals surface area contributed by atoms with E-state index < -0.39 is 0 Å². The molecule has 3 N–H and O–H groups in total. The smallest absolute Gasteiger partial charge is 0.319 e. The van der Waals surface area contributed by atoms with Crippen LogP contribution < -0.4 is 16.0 Å². The molecule has 0 saturated heterocycles. The number of carbonyl (C=O) groups excluding carboxylic acids is 2. The minimum Gasteiger partial charge on any atom is -0.349 e. The standard InChI is InChI=1S/C21H24FN3O2S/c1-14-3-4-15(20(26)24-17-7-8-17)13-19(14)25-21(27)23-11-2-12-28-18-9-5-16(22)6-10-18/h3-6,9-10,13,17H,2,7-8,11-12H2,1H3,(H,24,26)(H2,23,25,27). The average molecular weight is 402 g/mol. The van der Waals surface area contributed by atoms with Gasteiger partial charge in [0.2, 0.25) is 0 Å². The SMILES string of the molecule is Cc1ccc(C(=O)NC2CC2)cc1NC(=O)NCCCSc1ccc(F)cc1. The zero-order valence-electron chi connectivity index (χ0n) is 15.8. The highest BCUT2D eigenvalue weighted by molar-refractivity contribution is 7.99. The Hall–Kier alpha value is -2.54. The van der Waals surface area contributed by atoms with E-state index in [0.717, 1.165) is 35.5 Å². The number of urea groups is 1. The lowest BCUT2D eigenvalue weighted by Crippen LogP contribution is -2.30. The molecular weight excluding hydrogens is 377 g/mol. The van der Waals surface area contributed by atoms with Gasteiger partial charge in [0, 0.05) is 28.7 Å². The first-order chi connectivity index (χ1) is 13.5. The van der Waals surface area contributed by atoms with Crippen LogP contribution in [0.25, 0.3) is 0 Å². The zero-order chi connectivity index (χ0) is 19.9. The Balaban J connectivity index is 1.41. The van der Waals surface area contributed by atoms with Crippen molar-refractivity contribution in [2.45, 2.75) is 37.1 Å². The molecule has 5 nitrogen and oxygen atoms in total. The number of halogens is 1. The second kappa shape index (κ2) is 9.59. The summed E-state index contributed by atoms with van der Waals surface area (Å²) in [5.74, 6) is 0.470. The summed E-state index contributed by atoms with van der Waals surface area (Å²) in [6, 6.07) is 11.7. The zero-order valence-corrected chi connectivity index (χ0v) is 16.6. The second-order valence-corrected chi connectivity index (χ2v) is 7.98. The van der Waals surface area contributed by atoms with Gasteiger partial charge in [-0.05, 0) is 73.9 Å². The number of rotatable bonds is 8. The molecule has 0 heterocycles. The Morgan fingerprint density at radius 2 is 1.89 bits per heavy atom. The largest absolute Gasteiger partial charge is 0.349 e. The fourth-order valence-corrected chi connectivity index (χ4v) is 3.41. The van der Waals surface area contributed by atoms with Crippen molar-refractivity contribution in [3.63, 3.8) is 0 Å². The van der Waals surface area contributed by atoms with Crippen LogP contribution in [0, 0.1) is 12.7 Å². The summed E-state index contributed by atoms with van der Waals surface area (Å²) < 4.78 is 12.9. The molecular formula is C21H24FN3O2S. The molecule has 1 fully saturated rings. The molecule has 28 heavy (non-hydrogen) atoms. The number of hydrogen-bond donors (Lipinski definition) is 3. The molecule has 0 bridgehead atoms. The van der Waals surface area contributed by atoms with Crippen LogP contribution >= 0.6 is 11.8 Å². The van der Waals surface area contributed by atoms with Gasteiger partial charge < -0.3 is 16.0 Å². The number of carbonyl (C=O) groups is 2. The van der Waals surface area contributed by atoms with Crippen LogP contribution in [0.1, 0.15) is 35.2 Å². The monoisotopic (exact) mass is 401 g/mol. The normalized spacial score (nSPS) is 13.1. The summed E-state index contributed by atoms with van der Waals surface area (Å²) in [4.78, 5) is 25.3. The number of amides is 3. The number of benzene rings is 2. The highest BCUT2D eigenvalue weighted by Gasteiger charge is 2.24. The van der Waals surface area contributed by atoms with Crippen LogP contribution in [-0.4, -0.2) is 30.3 Å². The Kier molecular flexibility index (Phi) is 6.92. The lowest BCUT2D eigenvalue weighted by Gasteiger charge is -2.12. The number of aryl methyl sites for hydroxylation is 1. The van der Waals surface area contributed by atoms with E-state index in [1.807, 2.05) is 13.0 Å². The van der Waals surface area contributed by atoms with Gasteiger partial charge in [0.05, 0.1) is 0 Å². The Labute approximate surface area is 168 Å². The summed E-state index contributed by atoms with van der Waals surface area (Å²) >= 11 is 1.62. The van der Waals surface area contributed by atoms with E-state index in [2.05, 4.69) is 16.0 Å². The van der Waals surface area contributed by atoms with Gasteiger partial charge in [-0.25, -0.2) is 9.18 Å². The van der Waals surface area contributed by atoms with E-state index in [1.165, 1.54) is 12.1 Å². The third kappa shape index (κ3) is 6.27. The molecule has 0 spiro atoms. The van der Waals surface area contributed by atoms with Gasteiger partial charge in [-0.2, -0.15) is 0 Å². The van der Waals surface area contributed by atoms with Crippen molar-refractivity contribution >= 4 is 29.4 Å². The Morgan fingerprint density at radius 3 is 2.61 bits per heavy atom. The molecule has 2 aromatic carbocycles. The summed E-state index contributed by atoms with van der Waals surface area (Å²) in [6.45, 7) is 2.42. The van der Waals surface area contributed by atoms with Crippen LogP contribution in [0.3, 0.4) is 0 Å². The third-order valence-electron chi connectivity index (χ3n) is 4.35. The maximum Gasteiger partial charge on any atom is 0.319 e. The van der Waals surface area contributed by atoms with E-state index in [1.54, 1.807) is 36.0 Å². The fourth-order valence-electron chi connectivity index (χ4n) is 2.56. The molecule has 0 radical (unpaired) electrons. The Morgan fingerprint density at radius 1 is 1.14 bits per heavy atom. The van der Waals surface area contributed by atoms with Crippen molar-refractivity contribution in [3.8, 4) is 0 Å². The number of hydrogen-bond acceptors (Lipinski definition) is 3. The van der Waals surface area contributed by atoms with Crippen LogP contribution in [0.2, 0.25) is 0 Å². The summed E-state index contributed by atoms with van der Waals surface area (Å²) in [5, 5.41) is 8.58. The Bertz CT molecular complexity index is 838. The highest BCUT2D eigenvalue weighted by Crippen LogP contribution is 2.21. The highest BCUT2D eigenvalue weighted by atomic mass is 32.2. The number of nitrogens with one attached hydrogen (secondary N) is 3. The van der Waals surface area contributed by atoms with Gasteiger partial charge in [-0.3, -0.25) is 4.79 Å². The number of anilines is 1. The minimum atomic E-state index is -0.297. The van der Waals surface area contributed by atoms with Gasteiger partial charge in [-0.15, -0.1) is 11.8 Å². The lowest BCUT2D eigenvalue weighted by molar-refractivity contribution is 0.0951. The predicted molar refractivity (Wildman–Crippen MR) is 110 cm³/mol. The summed E-state index contributed by atoms with van der Waals surface area (Å²) in [5.41, 5.74) is 2.06. The van der Waals surface area contributed by atoms with Crippen LogP contribution in [0.4, 0.5) is 14.9 Å². The molecule has 0 aromatic heterocycles. The van der Waals surface area contributed by atoms with Crippen molar-refractivity contribution in [2.24, 2.45) is 0 Å². The lowest BCUT2D eigenvalue weighted by atomic mass is 10.1. The number of thioether (sulfide) groups is 1. The summed E-state index contributed by atoms with van der Waals surface area (Å²) in [6.07, 6.45) is 2.85. The maximum atomic E-state index is 12.9. The van der Waals surface area contributed by atoms with E-state index >= 15 is 0 Å². The molecule has 0 unspecified atom stereocenters. The summed E-state index contributed by atoms with van der Waals surface area (Å²) in [7, 11) is 0. The molecule has 1 aliphatic carbocycles. The van der Waals surface area contributed by atoms with E-state index in [4.69, 9.17) is 0 Å². The predicted octanol–water partition coefficient (Wildman–Crippen LogP) is 4.33. The first-order valence-electron chi connectivity index (χ1n) is 9.36. The van der Waals surface area contributed by atoms with Crippen molar-refractivity contribution in [1.29, 1.82) is 0 Å². The molecule has 0 aliphatic heterocycles. The fraction of sp³-hybridized carbons (Fsp3) is 0.333. The molecule has 7 heteroatoms. The minimum absolute atomic E-state index is 0.108. The van der Waals surface area contributed by atoms with Crippen molar-refractivity contribution in [2.75, 3.05) is 17.6 Å². The first kappa shape index (κ1) is 20.2. The van der Waals surface area contributed by atoms with Gasteiger partial charge in [0.25, 0.3) is 5.91 Å². The van der Waals surface area contributed by atoms with E-state index in [0.29, 0.717) is 23.8 Å². The molecule has 148 valence electrons. The molecule has 3 rings (SSSR count). The average Bonchev–Trinajstić information content (AvgIpc) is 3.48. The van der Waals surface area contributed by atoms with Crippen LogP contribution in [0.15, 0.2) is 47.4 Å². The molecule has 1 aliphatic rings. The maximum absolute atomic E-state index is 12.9. The molecule has 3 amide bonds. The molecule has 0 atom stereocenters. The second-order valence-electron chi connectivity index (χ2n) is 6.81. The quantitative estimate of drug-likeness (QED) is 0.455. The topological polar surface area (TPSA) is 70.2 Å². The van der Waals surface area contributed by atoms with Crippen LogP contribution in [0.5, 0.6) is 0 Å². The van der Waals surface area contributed by atoms with Gasteiger partial charge in [0.15, 0.2) is 0 Å². The molecule has 1 saturated carbocycles. The van der Waals surface area contributed by atoms with Gasteiger partial charge >= 0.3 is 6.03 Å². The van der Waals surface area contributed by atoms with Gasteiger partial charge in [-0.1, -0.05) is 6.07 Å². The van der Waals surface area contributed by atoms with E-state index in [-0.39, 0.29) is 17.8 Å². The van der Waals surface area contributed by atoms with Crippen molar-refractivity contribution < 1.29 is 14.0 Å². The first-order valence-corrected chi connectivity index (χ1v) is 10.3. The molecule has 2 aromatic rings. The van der Waals surface area contributed by atoms with Crippen molar-refractivity contribution in [1.82, 2.24) is 10.6 Å². The third-order valence-corrected chi connectivity index (χ3v) is 5.45. The van der Waals surface area contributed by atoms with Crippen molar-refractivity contribution in [3.05, 3.63) is 59.4 Å². The van der Waals surface area contributed by atoms with E-state index in [9.17, 15) is 14.0 Å². The van der Waals surface area contributed by atoms with Gasteiger partial charge in [0.1, 0.15) is 5.82 Å². The van der Waals surface area contributed by atoms with Crippen LogP contribution in [-0.2, 0) is 0 Å².